The number of benzene rings is 2. The highest BCUT2D eigenvalue weighted by atomic mass is 35.5. The summed E-state index contributed by atoms with van der Waals surface area (Å²) in [7, 11) is 0. The molecule has 0 bridgehead atoms. The summed E-state index contributed by atoms with van der Waals surface area (Å²) < 4.78 is 11.5. The fourth-order valence-corrected chi connectivity index (χ4v) is 2.94. The van der Waals surface area contributed by atoms with Crippen LogP contribution >= 0.6 is 23.2 Å². The summed E-state index contributed by atoms with van der Waals surface area (Å²) in [4.78, 5) is 0. The molecule has 0 aromatic heterocycles. The molecule has 1 aliphatic heterocycles. The van der Waals surface area contributed by atoms with E-state index >= 15 is 0 Å². The van der Waals surface area contributed by atoms with Crippen LogP contribution in [0.1, 0.15) is 17.0 Å². The highest BCUT2D eigenvalue weighted by Gasteiger charge is 2.24. The van der Waals surface area contributed by atoms with E-state index in [0.717, 1.165) is 17.1 Å². The molecule has 1 atom stereocenters. The predicted molar refractivity (Wildman–Crippen MR) is 81.2 cm³/mol. The van der Waals surface area contributed by atoms with E-state index in [2.05, 4.69) is 6.07 Å². The molecule has 104 valence electrons. The van der Waals surface area contributed by atoms with Crippen LogP contribution in [0.15, 0.2) is 42.5 Å². The Labute approximate surface area is 128 Å². The number of hydrogen-bond donors (Lipinski definition) is 0. The third-order valence-corrected chi connectivity index (χ3v) is 4.07. The molecule has 2 aromatic rings. The molecule has 0 spiro atoms. The Morgan fingerprint density at radius 2 is 2.00 bits per heavy atom. The second-order valence-electron chi connectivity index (χ2n) is 4.71. The number of hydrogen-bond acceptors (Lipinski definition) is 2. The van der Waals surface area contributed by atoms with Crippen molar-refractivity contribution in [2.75, 3.05) is 13.2 Å². The smallest absolute Gasteiger partial charge is 0.125 e. The molecule has 1 aliphatic rings. The van der Waals surface area contributed by atoms with Crippen molar-refractivity contribution in [3.8, 4) is 11.5 Å². The molecule has 0 fully saturated rings. The third-order valence-electron chi connectivity index (χ3n) is 3.45. The maximum atomic E-state index is 6.12. The highest BCUT2D eigenvalue weighted by Crippen LogP contribution is 2.35. The molecule has 0 amide bonds. The summed E-state index contributed by atoms with van der Waals surface area (Å²) in [6, 6.07) is 13.6. The van der Waals surface area contributed by atoms with Gasteiger partial charge in [0.05, 0.1) is 25.0 Å². The molecule has 0 saturated heterocycles. The van der Waals surface area contributed by atoms with E-state index in [4.69, 9.17) is 32.7 Å². The standard InChI is InChI=1S/C16H14Cl2O2/c17-8-13-14(18)5-3-7-16(13)20-10-11-9-19-15-6-2-1-4-12(11)15/h1-7,11H,8-10H2. The summed E-state index contributed by atoms with van der Waals surface area (Å²) in [6.07, 6.45) is 0. The van der Waals surface area contributed by atoms with Gasteiger partial charge in [0.15, 0.2) is 0 Å². The van der Waals surface area contributed by atoms with Crippen molar-refractivity contribution in [3.63, 3.8) is 0 Å². The molecule has 2 aromatic carbocycles. The van der Waals surface area contributed by atoms with E-state index < -0.39 is 0 Å². The van der Waals surface area contributed by atoms with E-state index in [1.165, 1.54) is 5.56 Å². The molecule has 0 radical (unpaired) electrons. The first-order valence-corrected chi connectivity index (χ1v) is 7.38. The molecule has 0 N–H and O–H groups in total. The van der Waals surface area contributed by atoms with Crippen molar-refractivity contribution < 1.29 is 9.47 Å². The molecule has 3 rings (SSSR count). The van der Waals surface area contributed by atoms with Crippen LogP contribution in [0.2, 0.25) is 5.02 Å². The Hall–Kier alpha value is -1.38. The van der Waals surface area contributed by atoms with Crippen LogP contribution in [0.3, 0.4) is 0 Å². The van der Waals surface area contributed by atoms with Crippen LogP contribution in [0.5, 0.6) is 11.5 Å². The fraction of sp³-hybridized carbons (Fsp3) is 0.250. The third kappa shape index (κ3) is 2.58. The van der Waals surface area contributed by atoms with Gasteiger partial charge in [0.1, 0.15) is 11.5 Å². The van der Waals surface area contributed by atoms with Crippen LogP contribution in [0.4, 0.5) is 0 Å². The van der Waals surface area contributed by atoms with Gasteiger partial charge in [0, 0.05) is 16.1 Å². The lowest BCUT2D eigenvalue weighted by Crippen LogP contribution is -2.12. The number of rotatable bonds is 4. The van der Waals surface area contributed by atoms with E-state index in [9.17, 15) is 0 Å². The van der Waals surface area contributed by atoms with Gasteiger partial charge in [-0.15, -0.1) is 11.6 Å². The Kier molecular flexibility index (Phi) is 4.04. The largest absolute Gasteiger partial charge is 0.493 e. The van der Waals surface area contributed by atoms with Crippen molar-refractivity contribution in [1.82, 2.24) is 0 Å². The molecule has 4 heteroatoms. The number of fused-ring (bicyclic) bond motifs is 1. The second kappa shape index (κ2) is 5.94. The fourth-order valence-electron chi connectivity index (χ4n) is 2.36. The van der Waals surface area contributed by atoms with E-state index in [1.54, 1.807) is 0 Å². The van der Waals surface area contributed by atoms with Gasteiger partial charge in [0.25, 0.3) is 0 Å². The molecular weight excluding hydrogens is 295 g/mol. The Morgan fingerprint density at radius 3 is 2.85 bits per heavy atom. The van der Waals surface area contributed by atoms with E-state index in [0.29, 0.717) is 24.1 Å². The number of para-hydroxylation sites is 1. The van der Waals surface area contributed by atoms with Crippen LogP contribution < -0.4 is 9.47 Å². The van der Waals surface area contributed by atoms with Gasteiger partial charge in [-0.05, 0) is 18.2 Å². The Balaban J connectivity index is 1.74. The minimum atomic E-state index is 0.244. The van der Waals surface area contributed by atoms with Crippen molar-refractivity contribution in [2.45, 2.75) is 11.8 Å². The lowest BCUT2D eigenvalue weighted by molar-refractivity contribution is 0.247. The van der Waals surface area contributed by atoms with Gasteiger partial charge >= 0.3 is 0 Å². The molecule has 0 saturated carbocycles. The quantitative estimate of drug-likeness (QED) is 0.766. The first-order valence-electron chi connectivity index (χ1n) is 6.47. The summed E-state index contributed by atoms with van der Waals surface area (Å²) in [6.45, 7) is 1.21. The van der Waals surface area contributed by atoms with Gasteiger partial charge in [0.2, 0.25) is 0 Å². The summed E-state index contributed by atoms with van der Waals surface area (Å²) in [5.41, 5.74) is 2.03. The second-order valence-corrected chi connectivity index (χ2v) is 5.38. The van der Waals surface area contributed by atoms with Gasteiger partial charge in [-0.2, -0.15) is 0 Å². The summed E-state index contributed by atoms with van der Waals surface area (Å²) in [5, 5.41) is 0.639. The molecule has 2 nitrogen and oxygen atoms in total. The minimum absolute atomic E-state index is 0.244. The summed E-state index contributed by atoms with van der Waals surface area (Å²) in [5.74, 6) is 2.28. The van der Waals surface area contributed by atoms with E-state index in [1.807, 2.05) is 36.4 Å². The lowest BCUT2D eigenvalue weighted by atomic mass is 10.0. The average Bonchev–Trinajstić information content (AvgIpc) is 2.88. The van der Waals surface area contributed by atoms with Gasteiger partial charge < -0.3 is 9.47 Å². The van der Waals surface area contributed by atoms with Crippen molar-refractivity contribution in [1.29, 1.82) is 0 Å². The number of halogens is 2. The maximum absolute atomic E-state index is 6.12. The highest BCUT2D eigenvalue weighted by molar-refractivity contribution is 6.32. The normalized spacial score (nSPS) is 16.6. The molecular formula is C16H14Cl2O2. The van der Waals surface area contributed by atoms with Crippen LogP contribution in [0, 0.1) is 0 Å². The van der Waals surface area contributed by atoms with E-state index in [-0.39, 0.29) is 5.92 Å². The first-order chi connectivity index (χ1) is 9.79. The number of alkyl halides is 1. The monoisotopic (exact) mass is 308 g/mol. The zero-order chi connectivity index (χ0) is 13.9. The zero-order valence-electron chi connectivity index (χ0n) is 10.8. The Morgan fingerprint density at radius 1 is 1.15 bits per heavy atom. The lowest BCUT2D eigenvalue weighted by Gasteiger charge is -2.14. The van der Waals surface area contributed by atoms with Crippen molar-refractivity contribution in [2.24, 2.45) is 0 Å². The number of ether oxygens (including phenoxy) is 2. The first kappa shape index (κ1) is 13.6. The van der Waals surface area contributed by atoms with Crippen LogP contribution in [-0.4, -0.2) is 13.2 Å². The summed E-state index contributed by atoms with van der Waals surface area (Å²) >= 11 is 12.0. The molecule has 0 aliphatic carbocycles. The predicted octanol–water partition coefficient (Wildman–Crippen LogP) is 4.63. The maximum Gasteiger partial charge on any atom is 0.125 e. The van der Waals surface area contributed by atoms with Gasteiger partial charge in [-0.25, -0.2) is 0 Å². The van der Waals surface area contributed by atoms with Gasteiger partial charge in [-0.3, -0.25) is 0 Å². The van der Waals surface area contributed by atoms with Crippen molar-refractivity contribution in [3.05, 3.63) is 58.6 Å². The SMILES string of the molecule is ClCc1c(Cl)cccc1OCC1COc2ccccc21. The minimum Gasteiger partial charge on any atom is -0.493 e. The topological polar surface area (TPSA) is 18.5 Å². The Bertz CT molecular complexity index is 613. The van der Waals surface area contributed by atoms with Crippen LogP contribution in [-0.2, 0) is 5.88 Å². The van der Waals surface area contributed by atoms with Crippen molar-refractivity contribution >= 4 is 23.2 Å². The average molecular weight is 309 g/mol. The zero-order valence-corrected chi connectivity index (χ0v) is 12.3. The molecule has 1 unspecified atom stereocenters. The molecule has 1 heterocycles. The van der Waals surface area contributed by atoms with Gasteiger partial charge in [-0.1, -0.05) is 35.9 Å². The molecule has 20 heavy (non-hydrogen) atoms. The van der Waals surface area contributed by atoms with Crippen LogP contribution in [0.25, 0.3) is 0 Å².